The molecule has 2 heterocycles. The van der Waals surface area contributed by atoms with Gasteiger partial charge in [0, 0.05) is 37.7 Å². The van der Waals surface area contributed by atoms with Gasteiger partial charge in [0.25, 0.3) is 5.91 Å². The van der Waals surface area contributed by atoms with Crippen molar-refractivity contribution in [2.75, 3.05) is 26.2 Å². The lowest BCUT2D eigenvalue weighted by atomic mass is 9.81. The first-order valence-electron chi connectivity index (χ1n) is 9.77. The van der Waals surface area contributed by atoms with E-state index in [0.29, 0.717) is 57.4 Å². The van der Waals surface area contributed by atoms with E-state index in [4.69, 9.17) is 5.11 Å². The average molecular weight is 384 g/mol. The molecule has 2 amide bonds. The fourth-order valence-electron chi connectivity index (χ4n) is 4.23. The minimum Gasteiger partial charge on any atom is -0.481 e. The van der Waals surface area contributed by atoms with E-state index in [1.54, 1.807) is 17.3 Å². The summed E-state index contributed by atoms with van der Waals surface area (Å²) < 4.78 is 0. The van der Waals surface area contributed by atoms with E-state index in [1.807, 2.05) is 17.0 Å². The van der Waals surface area contributed by atoms with E-state index < -0.39 is 5.97 Å². The first-order valence-corrected chi connectivity index (χ1v) is 9.77. The van der Waals surface area contributed by atoms with Crippen molar-refractivity contribution >= 4 is 28.8 Å². The number of imidazole rings is 1. The summed E-state index contributed by atoms with van der Waals surface area (Å²) in [5, 5.41) is 9.09. The molecule has 0 radical (unpaired) electrons. The van der Waals surface area contributed by atoms with Gasteiger partial charge in [-0.1, -0.05) is 0 Å². The molecule has 8 nitrogen and oxygen atoms in total. The van der Waals surface area contributed by atoms with E-state index >= 15 is 0 Å². The van der Waals surface area contributed by atoms with Crippen molar-refractivity contribution < 1.29 is 19.5 Å². The van der Waals surface area contributed by atoms with Crippen molar-refractivity contribution in [3.8, 4) is 0 Å². The Hall–Kier alpha value is -2.90. The molecule has 28 heavy (non-hydrogen) atoms. The van der Waals surface area contributed by atoms with Crippen LogP contribution in [0, 0.1) is 11.8 Å². The van der Waals surface area contributed by atoms with Crippen molar-refractivity contribution in [3.05, 3.63) is 30.1 Å². The molecular weight excluding hydrogens is 360 g/mol. The van der Waals surface area contributed by atoms with Gasteiger partial charge in [-0.15, -0.1) is 0 Å². The lowest BCUT2D eigenvalue weighted by Crippen LogP contribution is -2.52. The highest BCUT2D eigenvalue weighted by atomic mass is 16.4. The van der Waals surface area contributed by atoms with Gasteiger partial charge in [0.2, 0.25) is 5.91 Å². The quantitative estimate of drug-likeness (QED) is 0.838. The highest BCUT2D eigenvalue weighted by Gasteiger charge is 2.33. The summed E-state index contributed by atoms with van der Waals surface area (Å²) in [5.74, 6) is -1.09. The van der Waals surface area contributed by atoms with Gasteiger partial charge >= 0.3 is 5.97 Å². The normalized spacial score (nSPS) is 23.0. The first-order chi connectivity index (χ1) is 13.5. The Bertz CT molecular complexity index is 892. The van der Waals surface area contributed by atoms with Crippen LogP contribution in [0.5, 0.6) is 0 Å². The number of hydrogen-bond donors (Lipinski definition) is 2. The third-order valence-corrected chi connectivity index (χ3v) is 5.97. The Kier molecular flexibility index (Phi) is 5.02. The summed E-state index contributed by atoms with van der Waals surface area (Å²) in [7, 11) is 0. The number of nitrogens with one attached hydrogen (secondary N) is 1. The molecule has 148 valence electrons. The maximum absolute atomic E-state index is 12.8. The summed E-state index contributed by atoms with van der Waals surface area (Å²) in [6.07, 6.45) is 4.02. The fraction of sp³-hybridized carbons (Fsp3) is 0.500. The van der Waals surface area contributed by atoms with Crippen LogP contribution in [0.3, 0.4) is 0 Å². The number of H-pyrrole nitrogens is 1. The predicted octanol–water partition coefficient (Wildman–Crippen LogP) is 1.74. The molecule has 2 aromatic rings. The van der Waals surface area contributed by atoms with E-state index in [1.165, 1.54) is 0 Å². The molecule has 8 heteroatoms. The second-order valence-corrected chi connectivity index (χ2v) is 7.64. The zero-order chi connectivity index (χ0) is 19.7. The third kappa shape index (κ3) is 3.58. The van der Waals surface area contributed by atoms with Crippen molar-refractivity contribution in [1.82, 2.24) is 19.8 Å². The van der Waals surface area contributed by atoms with Gasteiger partial charge in [0.1, 0.15) is 0 Å². The summed E-state index contributed by atoms with van der Waals surface area (Å²) in [4.78, 5) is 47.4. The molecule has 1 saturated heterocycles. The molecule has 2 N–H and O–H groups in total. The number of nitrogens with zero attached hydrogens (tertiary/aromatic N) is 3. The lowest BCUT2D eigenvalue weighted by Gasteiger charge is -2.37. The number of aromatic nitrogens is 2. The Morgan fingerprint density at radius 1 is 0.964 bits per heavy atom. The number of fused-ring (bicyclic) bond motifs is 1. The van der Waals surface area contributed by atoms with Crippen molar-refractivity contribution in [2.45, 2.75) is 25.7 Å². The second-order valence-electron chi connectivity index (χ2n) is 7.64. The molecule has 1 aromatic carbocycles. The zero-order valence-electron chi connectivity index (χ0n) is 15.6. The predicted molar refractivity (Wildman–Crippen MR) is 102 cm³/mol. The minimum atomic E-state index is -0.758. The number of aromatic amines is 1. The largest absolute Gasteiger partial charge is 0.481 e. The van der Waals surface area contributed by atoms with Gasteiger partial charge < -0.3 is 19.9 Å². The number of rotatable bonds is 3. The molecule has 0 bridgehead atoms. The van der Waals surface area contributed by atoms with Crippen LogP contribution in [0.15, 0.2) is 24.5 Å². The Labute approximate surface area is 162 Å². The Balaban J connectivity index is 1.32. The monoisotopic (exact) mass is 384 g/mol. The highest BCUT2D eigenvalue weighted by Crippen LogP contribution is 2.30. The molecule has 0 spiro atoms. The Morgan fingerprint density at radius 3 is 2.29 bits per heavy atom. The molecule has 0 unspecified atom stereocenters. The number of hydrogen-bond acceptors (Lipinski definition) is 4. The van der Waals surface area contributed by atoms with Crippen LogP contribution in [0.25, 0.3) is 11.0 Å². The number of carboxylic acid groups (broad SMARTS) is 1. The Morgan fingerprint density at radius 2 is 1.61 bits per heavy atom. The van der Waals surface area contributed by atoms with E-state index in [2.05, 4.69) is 9.97 Å². The average Bonchev–Trinajstić information content (AvgIpc) is 3.21. The molecule has 1 aliphatic heterocycles. The fourth-order valence-corrected chi connectivity index (χ4v) is 4.23. The van der Waals surface area contributed by atoms with E-state index in [-0.39, 0.29) is 23.7 Å². The van der Waals surface area contributed by atoms with Crippen LogP contribution in [0.4, 0.5) is 0 Å². The minimum absolute atomic E-state index is 0.0365. The summed E-state index contributed by atoms with van der Waals surface area (Å²) in [5.41, 5.74) is 2.27. The van der Waals surface area contributed by atoms with E-state index in [0.717, 1.165) is 11.0 Å². The first kappa shape index (κ1) is 18.5. The summed E-state index contributed by atoms with van der Waals surface area (Å²) in [6, 6.07) is 5.42. The number of amides is 2. The van der Waals surface area contributed by atoms with Crippen LogP contribution in [-0.4, -0.2) is 68.8 Å². The molecule has 0 atom stereocenters. The molecule has 1 aromatic heterocycles. The summed E-state index contributed by atoms with van der Waals surface area (Å²) >= 11 is 0. The molecule has 1 saturated carbocycles. The molecule has 2 fully saturated rings. The third-order valence-electron chi connectivity index (χ3n) is 5.97. The number of carbonyl (C=O) groups is 3. The standard InChI is InChI=1S/C20H24N4O4/c25-18(13-1-3-14(4-2-13)20(27)28)23-7-9-24(10-8-23)19(26)15-5-6-16-17(11-15)22-12-21-16/h5-6,11-14H,1-4,7-10H2,(H,21,22)(H,27,28). The SMILES string of the molecule is O=C(O)C1CCC(C(=O)N2CCN(C(=O)c3ccc4nc[nH]c4c3)CC2)CC1. The van der Waals surface area contributed by atoms with Crippen LogP contribution in [0.2, 0.25) is 0 Å². The number of aliphatic carboxylic acids is 1. The number of benzene rings is 1. The maximum atomic E-state index is 12.8. The van der Waals surface area contributed by atoms with Gasteiger partial charge in [-0.2, -0.15) is 0 Å². The van der Waals surface area contributed by atoms with Crippen molar-refractivity contribution in [2.24, 2.45) is 11.8 Å². The smallest absolute Gasteiger partial charge is 0.306 e. The van der Waals surface area contributed by atoms with Crippen LogP contribution < -0.4 is 0 Å². The summed E-state index contributed by atoms with van der Waals surface area (Å²) in [6.45, 7) is 2.07. The van der Waals surface area contributed by atoms with Gasteiger partial charge in [-0.05, 0) is 43.9 Å². The number of piperazine rings is 1. The van der Waals surface area contributed by atoms with Crippen molar-refractivity contribution in [3.63, 3.8) is 0 Å². The molecule has 2 aliphatic rings. The zero-order valence-corrected chi connectivity index (χ0v) is 15.6. The molecular formula is C20H24N4O4. The number of carbonyl (C=O) groups excluding carboxylic acids is 2. The van der Waals surface area contributed by atoms with Gasteiger partial charge in [-0.3, -0.25) is 14.4 Å². The topological polar surface area (TPSA) is 107 Å². The van der Waals surface area contributed by atoms with Crippen LogP contribution in [0.1, 0.15) is 36.0 Å². The second kappa shape index (κ2) is 7.61. The van der Waals surface area contributed by atoms with E-state index in [9.17, 15) is 14.4 Å². The maximum Gasteiger partial charge on any atom is 0.306 e. The molecule has 4 rings (SSSR count). The van der Waals surface area contributed by atoms with Gasteiger partial charge in [0.15, 0.2) is 0 Å². The number of carboxylic acids is 1. The lowest BCUT2D eigenvalue weighted by molar-refractivity contribution is -0.146. The van der Waals surface area contributed by atoms with Crippen molar-refractivity contribution in [1.29, 1.82) is 0 Å². The van der Waals surface area contributed by atoms with Gasteiger partial charge in [-0.25, -0.2) is 4.98 Å². The van der Waals surface area contributed by atoms with Crippen LogP contribution >= 0.6 is 0 Å². The molecule has 1 aliphatic carbocycles. The van der Waals surface area contributed by atoms with Crippen LogP contribution in [-0.2, 0) is 9.59 Å². The highest BCUT2D eigenvalue weighted by molar-refractivity contribution is 5.97. The van der Waals surface area contributed by atoms with Gasteiger partial charge in [0.05, 0.1) is 23.3 Å².